The monoisotopic (exact) mass is 202 g/mol. The molecule has 82 valence electrons. The van der Waals surface area contributed by atoms with Gasteiger partial charge in [-0.1, -0.05) is 6.92 Å². The normalized spacial score (nSPS) is 10.8. The van der Waals surface area contributed by atoms with E-state index in [1.54, 1.807) is 13.8 Å². The molecule has 0 aliphatic heterocycles. The van der Waals surface area contributed by atoms with Gasteiger partial charge in [-0.25, -0.2) is 4.79 Å². The van der Waals surface area contributed by atoms with Crippen LogP contribution in [0, 0.1) is 5.41 Å². The minimum absolute atomic E-state index is 0.123. The summed E-state index contributed by atoms with van der Waals surface area (Å²) >= 11 is 0. The van der Waals surface area contributed by atoms with Gasteiger partial charge >= 0.3 is 12.0 Å². The van der Waals surface area contributed by atoms with Crippen molar-refractivity contribution < 1.29 is 14.7 Å². The lowest BCUT2D eigenvalue weighted by atomic mass is 9.94. The molecule has 0 atom stereocenters. The lowest BCUT2D eigenvalue weighted by Crippen LogP contribution is -2.43. The largest absolute Gasteiger partial charge is 0.481 e. The molecule has 0 aromatic rings. The smallest absolute Gasteiger partial charge is 0.314 e. The van der Waals surface area contributed by atoms with Crippen molar-refractivity contribution in [3.8, 4) is 0 Å². The molecule has 0 spiro atoms. The Morgan fingerprint density at radius 3 is 2.29 bits per heavy atom. The van der Waals surface area contributed by atoms with Gasteiger partial charge in [0.15, 0.2) is 0 Å². The highest BCUT2D eigenvalue weighted by Gasteiger charge is 2.27. The van der Waals surface area contributed by atoms with E-state index in [1.807, 2.05) is 6.92 Å². The number of carboxylic acid groups (broad SMARTS) is 1. The average Bonchev–Trinajstić information content (AvgIpc) is 2.11. The van der Waals surface area contributed by atoms with Crippen LogP contribution < -0.4 is 10.6 Å². The van der Waals surface area contributed by atoms with Gasteiger partial charge in [-0.3, -0.25) is 4.79 Å². The first-order valence-electron chi connectivity index (χ1n) is 4.65. The highest BCUT2D eigenvalue weighted by atomic mass is 16.4. The molecule has 0 radical (unpaired) electrons. The summed E-state index contributed by atoms with van der Waals surface area (Å²) in [4.78, 5) is 21.7. The third-order valence-corrected chi connectivity index (χ3v) is 1.81. The highest BCUT2D eigenvalue weighted by molar-refractivity contribution is 5.77. The number of rotatable bonds is 5. The van der Waals surface area contributed by atoms with Crippen molar-refractivity contribution in [2.24, 2.45) is 5.41 Å². The number of carbonyl (C=O) groups excluding carboxylic acids is 1. The van der Waals surface area contributed by atoms with Crippen molar-refractivity contribution in [3.63, 3.8) is 0 Å². The van der Waals surface area contributed by atoms with Crippen LogP contribution in [-0.2, 0) is 4.79 Å². The molecule has 0 rings (SSSR count). The van der Waals surface area contributed by atoms with E-state index in [9.17, 15) is 9.59 Å². The van der Waals surface area contributed by atoms with Gasteiger partial charge in [0.2, 0.25) is 0 Å². The molecule has 0 aromatic carbocycles. The fourth-order valence-corrected chi connectivity index (χ4v) is 0.678. The Hall–Kier alpha value is -1.26. The molecule has 5 heteroatoms. The van der Waals surface area contributed by atoms with Gasteiger partial charge in [0.05, 0.1) is 5.41 Å². The summed E-state index contributed by atoms with van der Waals surface area (Å²) in [7, 11) is 0. The van der Waals surface area contributed by atoms with Gasteiger partial charge in [-0.05, 0) is 20.3 Å². The Kier molecular flexibility index (Phi) is 4.97. The molecule has 3 N–H and O–H groups in total. The van der Waals surface area contributed by atoms with Gasteiger partial charge < -0.3 is 15.7 Å². The zero-order valence-electron chi connectivity index (χ0n) is 8.89. The van der Waals surface area contributed by atoms with E-state index in [0.717, 1.165) is 6.42 Å². The third kappa shape index (κ3) is 4.69. The van der Waals surface area contributed by atoms with Crippen LogP contribution in [0.5, 0.6) is 0 Å². The molecule has 0 saturated carbocycles. The summed E-state index contributed by atoms with van der Waals surface area (Å²) in [5, 5.41) is 13.9. The highest BCUT2D eigenvalue weighted by Crippen LogP contribution is 2.12. The fourth-order valence-electron chi connectivity index (χ4n) is 0.678. The third-order valence-electron chi connectivity index (χ3n) is 1.81. The summed E-state index contributed by atoms with van der Waals surface area (Å²) < 4.78 is 0. The number of amides is 2. The predicted octanol–water partition coefficient (Wildman–Crippen LogP) is 0.806. The molecule has 0 aliphatic rings. The van der Waals surface area contributed by atoms with Crippen molar-refractivity contribution in [3.05, 3.63) is 0 Å². The molecule has 0 aromatic heterocycles. The van der Waals surface area contributed by atoms with Crippen molar-refractivity contribution in [1.82, 2.24) is 10.6 Å². The molecular formula is C9H18N2O3. The number of nitrogens with one attached hydrogen (secondary N) is 2. The van der Waals surface area contributed by atoms with Crippen molar-refractivity contribution >= 4 is 12.0 Å². The Morgan fingerprint density at radius 1 is 1.29 bits per heavy atom. The van der Waals surface area contributed by atoms with Crippen LogP contribution in [0.3, 0.4) is 0 Å². The van der Waals surface area contributed by atoms with Crippen LogP contribution in [0.15, 0.2) is 0 Å². The minimum Gasteiger partial charge on any atom is -0.481 e. The first-order valence-corrected chi connectivity index (χ1v) is 4.65. The second kappa shape index (κ2) is 5.47. The number of carbonyl (C=O) groups is 2. The molecule has 5 nitrogen and oxygen atoms in total. The summed E-state index contributed by atoms with van der Waals surface area (Å²) in [6.45, 7) is 5.80. The van der Waals surface area contributed by atoms with E-state index in [1.165, 1.54) is 0 Å². The zero-order chi connectivity index (χ0) is 11.2. The molecular weight excluding hydrogens is 184 g/mol. The zero-order valence-corrected chi connectivity index (χ0v) is 8.89. The quantitative estimate of drug-likeness (QED) is 0.617. The minimum atomic E-state index is -0.927. The summed E-state index contributed by atoms with van der Waals surface area (Å²) in [5.41, 5.74) is -0.927. The van der Waals surface area contributed by atoms with Gasteiger partial charge in [0, 0.05) is 13.1 Å². The van der Waals surface area contributed by atoms with Crippen molar-refractivity contribution in [2.45, 2.75) is 27.2 Å². The summed E-state index contributed by atoms with van der Waals surface area (Å²) in [5.74, 6) is -0.923. The Balaban J connectivity index is 3.82. The lowest BCUT2D eigenvalue weighted by molar-refractivity contribution is -0.146. The van der Waals surface area contributed by atoms with Crippen LogP contribution in [0.4, 0.5) is 4.79 Å². The van der Waals surface area contributed by atoms with Crippen LogP contribution in [0.2, 0.25) is 0 Å². The first-order chi connectivity index (χ1) is 6.40. The summed E-state index contributed by atoms with van der Waals surface area (Å²) in [6, 6.07) is -0.318. The molecule has 2 amide bonds. The molecule has 0 bridgehead atoms. The number of hydrogen-bond acceptors (Lipinski definition) is 2. The van der Waals surface area contributed by atoms with Crippen LogP contribution >= 0.6 is 0 Å². The molecule has 0 fully saturated rings. The molecule has 0 aliphatic carbocycles. The maximum Gasteiger partial charge on any atom is 0.314 e. The number of carboxylic acids is 1. The number of aliphatic carboxylic acids is 1. The Labute approximate surface area is 83.9 Å². The molecule has 0 unspecified atom stereocenters. The number of hydrogen-bond donors (Lipinski definition) is 3. The van der Waals surface area contributed by atoms with E-state index >= 15 is 0 Å². The van der Waals surface area contributed by atoms with Crippen LogP contribution in [0.1, 0.15) is 27.2 Å². The maximum atomic E-state index is 11.1. The predicted molar refractivity (Wildman–Crippen MR) is 53.1 cm³/mol. The maximum absolute atomic E-state index is 11.1. The molecule has 0 saturated heterocycles. The SMILES string of the molecule is CCCNC(=O)NCC(C)(C)C(=O)O. The second-order valence-corrected chi connectivity index (χ2v) is 3.80. The van der Waals surface area contributed by atoms with Gasteiger partial charge in [-0.15, -0.1) is 0 Å². The Bertz CT molecular complexity index is 214. The van der Waals surface area contributed by atoms with E-state index in [4.69, 9.17) is 5.11 Å². The number of urea groups is 1. The summed E-state index contributed by atoms with van der Waals surface area (Å²) in [6.07, 6.45) is 0.857. The second-order valence-electron chi connectivity index (χ2n) is 3.80. The first kappa shape index (κ1) is 12.7. The van der Waals surface area contributed by atoms with Crippen LogP contribution in [-0.4, -0.2) is 30.2 Å². The standard InChI is InChI=1S/C9H18N2O3/c1-4-5-10-8(14)11-6-9(2,3)7(12)13/h4-6H2,1-3H3,(H,12,13)(H2,10,11,14). The van der Waals surface area contributed by atoms with Gasteiger partial charge in [0.25, 0.3) is 0 Å². The van der Waals surface area contributed by atoms with Crippen LogP contribution in [0.25, 0.3) is 0 Å². The lowest BCUT2D eigenvalue weighted by Gasteiger charge is -2.19. The van der Waals surface area contributed by atoms with Gasteiger partial charge in [-0.2, -0.15) is 0 Å². The van der Waals surface area contributed by atoms with Gasteiger partial charge in [0.1, 0.15) is 0 Å². The van der Waals surface area contributed by atoms with E-state index in [2.05, 4.69) is 10.6 Å². The average molecular weight is 202 g/mol. The van der Waals surface area contributed by atoms with Crippen molar-refractivity contribution in [2.75, 3.05) is 13.1 Å². The fraction of sp³-hybridized carbons (Fsp3) is 0.778. The topological polar surface area (TPSA) is 78.4 Å². The molecule has 0 heterocycles. The van der Waals surface area contributed by atoms with E-state index < -0.39 is 11.4 Å². The molecule has 14 heavy (non-hydrogen) atoms. The van der Waals surface area contributed by atoms with E-state index in [0.29, 0.717) is 6.54 Å². The Morgan fingerprint density at radius 2 is 1.86 bits per heavy atom. The van der Waals surface area contributed by atoms with E-state index in [-0.39, 0.29) is 12.6 Å². The van der Waals surface area contributed by atoms with Crippen molar-refractivity contribution in [1.29, 1.82) is 0 Å².